The number of hydrogen-bond acceptors (Lipinski definition) is 2. The van der Waals surface area contributed by atoms with Crippen molar-refractivity contribution in [2.75, 3.05) is 7.11 Å². The van der Waals surface area contributed by atoms with Gasteiger partial charge in [0.05, 0.1) is 13.7 Å². The van der Waals surface area contributed by atoms with Gasteiger partial charge in [-0.05, 0) is 26.0 Å². The van der Waals surface area contributed by atoms with Crippen molar-refractivity contribution in [3.05, 3.63) is 47.3 Å². The summed E-state index contributed by atoms with van der Waals surface area (Å²) in [5, 5.41) is 4.28. The van der Waals surface area contributed by atoms with Crippen molar-refractivity contribution in [2.24, 2.45) is 0 Å². The fraction of sp³-hybridized carbons (Fsp3) is 0.308. The number of aryl methyl sites for hydroxylation is 2. The van der Waals surface area contributed by atoms with Gasteiger partial charge in [0.25, 0.3) is 0 Å². The average molecular weight is 216 g/mol. The maximum absolute atomic E-state index is 5.35. The molecule has 2 aromatic rings. The summed E-state index contributed by atoms with van der Waals surface area (Å²) in [4.78, 5) is 0. The minimum Gasteiger partial charge on any atom is -0.496 e. The van der Waals surface area contributed by atoms with Gasteiger partial charge in [0.15, 0.2) is 0 Å². The molecular formula is C13H16N2O. The van der Waals surface area contributed by atoms with Gasteiger partial charge >= 0.3 is 0 Å². The van der Waals surface area contributed by atoms with Crippen LogP contribution in [0.1, 0.15) is 16.8 Å². The summed E-state index contributed by atoms with van der Waals surface area (Å²) in [6, 6.07) is 8.20. The van der Waals surface area contributed by atoms with Crippen molar-refractivity contribution in [2.45, 2.75) is 20.4 Å². The molecule has 1 heterocycles. The monoisotopic (exact) mass is 216 g/mol. The van der Waals surface area contributed by atoms with Crippen molar-refractivity contribution in [1.29, 1.82) is 0 Å². The summed E-state index contributed by atoms with van der Waals surface area (Å²) in [5.41, 5.74) is 3.55. The first-order chi connectivity index (χ1) is 7.70. The fourth-order valence-electron chi connectivity index (χ4n) is 1.76. The quantitative estimate of drug-likeness (QED) is 0.788. The van der Waals surface area contributed by atoms with E-state index in [1.54, 1.807) is 7.11 Å². The van der Waals surface area contributed by atoms with Gasteiger partial charge in [-0.15, -0.1) is 0 Å². The van der Waals surface area contributed by atoms with E-state index in [2.05, 4.69) is 31.1 Å². The number of aromatic nitrogens is 2. The van der Waals surface area contributed by atoms with E-state index in [1.165, 1.54) is 5.56 Å². The minimum atomic E-state index is 0.754. The molecule has 0 unspecified atom stereocenters. The van der Waals surface area contributed by atoms with Gasteiger partial charge in [-0.25, -0.2) is 0 Å². The maximum Gasteiger partial charge on any atom is 0.123 e. The molecule has 0 saturated heterocycles. The molecule has 2 rings (SSSR count). The van der Waals surface area contributed by atoms with Crippen LogP contribution in [0, 0.1) is 13.8 Å². The van der Waals surface area contributed by atoms with Crippen molar-refractivity contribution >= 4 is 0 Å². The largest absolute Gasteiger partial charge is 0.496 e. The molecular weight excluding hydrogens is 200 g/mol. The molecule has 0 radical (unpaired) electrons. The Balaban J connectivity index is 2.33. The van der Waals surface area contributed by atoms with Gasteiger partial charge in [-0.1, -0.05) is 17.7 Å². The van der Waals surface area contributed by atoms with E-state index in [9.17, 15) is 0 Å². The van der Waals surface area contributed by atoms with E-state index in [1.807, 2.05) is 23.0 Å². The molecule has 0 aliphatic rings. The molecule has 3 heteroatoms. The highest BCUT2D eigenvalue weighted by atomic mass is 16.5. The van der Waals surface area contributed by atoms with Crippen LogP contribution in [0.15, 0.2) is 30.5 Å². The molecule has 0 fully saturated rings. The topological polar surface area (TPSA) is 27.1 Å². The minimum absolute atomic E-state index is 0.754. The number of hydrogen-bond donors (Lipinski definition) is 0. The summed E-state index contributed by atoms with van der Waals surface area (Å²) in [7, 11) is 1.70. The van der Waals surface area contributed by atoms with E-state index in [-0.39, 0.29) is 0 Å². The molecule has 0 spiro atoms. The molecule has 0 bridgehead atoms. The van der Waals surface area contributed by atoms with Crippen LogP contribution in [0.4, 0.5) is 0 Å². The Bertz CT molecular complexity index is 488. The second-order valence-corrected chi connectivity index (χ2v) is 3.95. The predicted molar refractivity (Wildman–Crippen MR) is 63.8 cm³/mol. The SMILES string of the molecule is COc1ccc(C)cc1Cn1nccc1C. The lowest BCUT2D eigenvalue weighted by Gasteiger charge is -2.10. The highest BCUT2D eigenvalue weighted by Crippen LogP contribution is 2.20. The van der Waals surface area contributed by atoms with E-state index in [0.29, 0.717) is 0 Å². The number of nitrogens with zero attached hydrogens (tertiary/aromatic N) is 2. The zero-order valence-electron chi connectivity index (χ0n) is 9.90. The second kappa shape index (κ2) is 4.39. The number of ether oxygens (including phenoxy) is 1. The first-order valence-electron chi connectivity index (χ1n) is 5.32. The van der Waals surface area contributed by atoms with Gasteiger partial charge in [0.2, 0.25) is 0 Å². The highest BCUT2D eigenvalue weighted by Gasteiger charge is 2.05. The van der Waals surface area contributed by atoms with Crippen LogP contribution >= 0.6 is 0 Å². The summed E-state index contributed by atoms with van der Waals surface area (Å²) in [6.45, 7) is 4.89. The van der Waals surface area contributed by atoms with Crippen LogP contribution in [-0.4, -0.2) is 16.9 Å². The molecule has 16 heavy (non-hydrogen) atoms. The Hall–Kier alpha value is -1.77. The summed E-state index contributed by atoms with van der Waals surface area (Å²) in [5.74, 6) is 0.917. The number of methoxy groups -OCH3 is 1. The third kappa shape index (κ3) is 2.08. The summed E-state index contributed by atoms with van der Waals surface area (Å²) >= 11 is 0. The molecule has 0 aliphatic heterocycles. The van der Waals surface area contributed by atoms with Crippen LogP contribution in [0.25, 0.3) is 0 Å². The van der Waals surface area contributed by atoms with Gasteiger partial charge < -0.3 is 4.74 Å². The maximum atomic E-state index is 5.35. The van der Waals surface area contributed by atoms with Crippen LogP contribution in [0.2, 0.25) is 0 Å². The van der Waals surface area contributed by atoms with Crippen molar-refractivity contribution < 1.29 is 4.74 Å². The van der Waals surface area contributed by atoms with Crippen LogP contribution in [-0.2, 0) is 6.54 Å². The first kappa shape index (κ1) is 10.7. The van der Waals surface area contributed by atoms with E-state index in [4.69, 9.17) is 4.74 Å². The smallest absolute Gasteiger partial charge is 0.123 e. The Morgan fingerprint density at radius 3 is 2.69 bits per heavy atom. The predicted octanol–water partition coefficient (Wildman–Crippen LogP) is 2.56. The zero-order valence-corrected chi connectivity index (χ0v) is 9.90. The van der Waals surface area contributed by atoms with Gasteiger partial charge in [-0.3, -0.25) is 4.68 Å². The molecule has 0 aliphatic carbocycles. The highest BCUT2D eigenvalue weighted by molar-refractivity contribution is 5.37. The third-order valence-electron chi connectivity index (χ3n) is 2.68. The lowest BCUT2D eigenvalue weighted by atomic mass is 10.1. The molecule has 0 atom stereocenters. The number of benzene rings is 1. The van der Waals surface area contributed by atoms with Gasteiger partial charge in [0, 0.05) is 17.5 Å². The van der Waals surface area contributed by atoms with Crippen LogP contribution < -0.4 is 4.74 Å². The fourth-order valence-corrected chi connectivity index (χ4v) is 1.76. The lowest BCUT2D eigenvalue weighted by Crippen LogP contribution is -2.05. The van der Waals surface area contributed by atoms with E-state index < -0.39 is 0 Å². The molecule has 3 nitrogen and oxygen atoms in total. The number of rotatable bonds is 3. The van der Waals surface area contributed by atoms with Gasteiger partial charge in [0.1, 0.15) is 5.75 Å². The molecule has 1 aromatic heterocycles. The molecule has 0 saturated carbocycles. The molecule has 84 valence electrons. The van der Waals surface area contributed by atoms with Crippen LogP contribution in [0.3, 0.4) is 0 Å². The Morgan fingerprint density at radius 2 is 2.06 bits per heavy atom. The van der Waals surface area contributed by atoms with Crippen molar-refractivity contribution in [1.82, 2.24) is 9.78 Å². The Morgan fingerprint density at radius 1 is 1.25 bits per heavy atom. The average Bonchev–Trinajstić information content (AvgIpc) is 2.65. The van der Waals surface area contributed by atoms with Gasteiger partial charge in [-0.2, -0.15) is 5.10 Å². The van der Waals surface area contributed by atoms with Crippen molar-refractivity contribution in [3.8, 4) is 5.75 Å². The summed E-state index contributed by atoms with van der Waals surface area (Å²) < 4.78 is 7.32. The summed E-state index contributed by atoms with van der Waals surface area (Å²) in [6.07, 6.45) is 1.82. The first-order valence-corrected chi connectivity index (χ1v) is 5.32. The van der Waals surface area contributed by atoms with E-state index in [0.717, 1.165) is 23.6 Å². The van der Waals surface area contributed by atoms with Crippen LogP contribution in [0.5, 0.6) is 5.75 Å². The standard InChI is InChI=1S/C13H16N2O/c1-10-4-5-13(16-3)12(8-10)9-15-11(2)6-7-14-15/h4-8H,9H2,1-3H3. The second-order valence-electron chi connectivity index (χ2n) is 3.95. The zero-order chi connectivity index (χ0) is 11.5. The molecule has 1 aromatic carbocycles. The van der Waals surface area contributed by atoms with Crippen molar-refractivity contribution in [3.63, 3.8) is 0 Å². The van der Waals surface area contributed by atoms with E-state index >= 15 is 0 Å². The Kier molecular flexibility index (Phi) is 2.95. The third-order valence-corrected chi connectivity index (χ3v) is 2.68. The normalized spacial score (nSPS) is 10.4. The molecule has 0 N–H and O–H groups in total. The lowest BCUT2D eigenvalue weighted by molar-refractivity contribution is 0.407. The Labute approximate surface area is 95.7 Å². The molecule has 0 amide bonds.